The molecular formula is C20H22ClFN6O. The fraction of sp³-hybridized carbons (Fsp3) is 0.350. The van der Waals surface area contributed by atoms with E-state index in [4.69, 9.17) is 11.6 Å². The maximum Gasteiger partial charge on any atom is 0.178 e. The molecule has 0 saturated carbocycles. The van der Waals surface area contributed by atoms with Crippen LogP contribution in [0.4, 0.5) is 10.1 Å². The number of nitrogens with one attached hydrogen (secondary N) is 2. The van der Waals surface area contributed by atoms with Gasteiger partial charge in [-0.2, -0.15) is 0 Å². The van der Waals surface area contributed by atoms with Gasteiger partial charge in [-0.1, -0.05) is 18.0 Å². The molecule has 0 radical (unpaired) electrons. The molecule has 3 heterocycles. The Morgan fingerprint density at radius 1 is 1.28 bits per heavy atom. The van der Waals surface area contributed by atoms with Crippen LogP contribution in [0.15, 0.2) is 35.5 Å². The zero-order valence-corrected chi connectivity index (χ0v) is 16.6. The molecule has 0 spiro atoms. The molecule has 0 bridgehead atoms. The van der Waals surface area contributed by atoms with Crippen LogP contribution >= 0.6 is 11.6 Å². The molecule has 9 heteroatoms. The SMILES string of the molecule is ONC(=Nc1ccc(F)c(Cl)c1)c1ccnc2nc(CCN3CCCCC3)[nH]c12. The van der Waals surface area contributed by atoms with Crippen molar-refractivity contribution in [1.29, 1.82) is 0 Å². The van der Waals surface area contributed by atoms with Crippen molar-refractivity contribution in [2.45, 2.75) is 25.7 Å². The average molecular weight is 417 g/mol. The van der Waals surface area contributed by atoms with Crippen molar-refractivity contribution in [3.63, 3.8) is 0 Å². The number of aromatic amines is 1. The minimum Gasteiger partial charge on any atom is -0.340 e. The minimum atomic E-state index is -0.526. The van der Waals surface area contributed by atoms with Gasteiger partial charge < -0.3 is 9.88 Å². The van der Waals surface area contributed by atoms with E-state index in [1.54, 1.807) is 12.3 Å². The number of piperidine rings is 1. The summed E-state index contributed by atoms with van der Waals surface area (Å²) in [7, 11) is 0. The van der Waals surface area contributed by atoms with Crippen LogP contribution < -0.4 is 5.48 Å². The fourth-order valence-electron chi connectivity index (χ4n) is 3.55. The lowest BCUT2D eigenvalue weighted by atomic mass is 10.1. The molecule has 1 aromatic carbocycles. The van der Waals surface area contributed by atoms with Crippen LogP contribution in [0.5, 0.6) is 0 Å². The second-order valence-electron chi connectivity index (χ2n) is 7.06. The van der Waals surface area contributed by atoms with Crippen LogP contribution in [0.1, 0.15) is 30.7 Å². The normalized spacial score (nSPS) is 15.8. The summed E-state index contributed by atoms with van der Waals surface area (Å²) in [6.07, 6.45) is 6.21. The third kappa shape index (κ3) is 4.55. The molecule has 1 fully saturated rings. The second kappa shape index (κ2) is 8.86. The van der Waals surface area contributed by atoms with E-state index in [1.165, 1.54) is 37.5 Å². The summed E-state index contributed by atoms with van der Waals surface area (Å²) in [6.45, 7) is 3.22. The van der Waals surface area contributed by atoms with Gasteiger partial charge in [0.05, 0.1) is 16.2 Å². The van der Waals surface area contributed by atoms with Crippen molar-refractivity contribution in [3.05, 3.63) is 52.7 Å². The van der Waals surface area contributed by atoms with Gasteiger partial charge >= 0.3 is 0 Å². The number of aromatic nitrogens is 3. The van der Waals surface area contributed by atoms with Gasteiger partial charge in [-0.3, -0.25) is 10.7 Å². The third-order valence-electron chi connectivity index (χ3n) is 5.06. The summed E-state index contributed by atoms with van der Waals surface area (Å²) in [4.78, 5) is 19.0. The largest absolute Gasteiger partial charge is 0.340 e. The second-order valence-corrected chi connectivity index (χ2v) is 7.47. The Kier molecular flexibility index (Phi) is 6.03. The van der Waals surface area contributed by atoms with Gasteiger partial charge in [0.15, 0.2) is 11.5 Å². The summed E-state index contributed by atoms with van der Waals surface area (Å²) in [5.41, 5.74) is 4.35. The van der Waals surface area contributed by atoms with Gasteiger partial charge in [-0.25, -0.2) is 19.4 Å². The summed E-state index contributed by atoms with van der Waals surface area (Å²) in [5.74, 6) is 0.501. The van der Waals surface area contributed by atoms with E-state index in [0.29, 0.717) is 22.4 Å². The van der Waals surface area contributed by atoms with Crippen molar-refractivity contribution in [2.24, 2.45) is 4.99 Å². The van der Waals surface area contributed by atoms with Gasteiger partial charge in [-0.05, 0) is 50.2 Å². The highest BCUT2D eigenvalue weighted by Gasteiger charge is 2.15. The Morgan fingerprint density at radius 2 is 2.10 bits per heavy atom. The zero-order valence-electron chi connectivity index (χ0n) is 15.8. The molecule has 3 N–H and O–H groups in total. The number of rotatable bonds is 5. The number of halogens is 2. The Morgan fingerprint density at radius 3 is 2.86 bits per heavy atom. The van der Waals surface area contributed by atoms with Crippen LogP contribution in [-0.4, -0.2) is 50.5 Å². The molecule has 3 aromatic rings. The maximum atomic E-state index is 13.4. The van der Waals surface area contributed by atoms with Gasteiger partial charge in [0.1, 0.15) is 11.6 Å². The molecule has 1 saturated heterocycles. The number of benzene rings is 1. The first-order valence-electron chi connectivity index (χ1n) is 9.64. The zero-order chi connectivity index (χ0) is 20.2. The van der Waals surface area contributed by atoms with E-state index in [1.807, 2.05) is 0 Å². The highest BCUT2D eigenvalue weighted by atomic mass is 35.5. The topological polar surface area (TPSA) is 89.4 Å². The minimum absolute atomic E-state index is 0.0371. The number of likely N-dealkylation sites (tertiary alicyclic amines) is 1. The quantitative estimate of drug-likeness (QED) is 0.334. The lowest BCUT2D eigenvalue weighted by molar-refractivity contribution is 0.230. The van der Waals surface area contributed by atoms with Crippen molar-refractivity contribution in [1.82, 2.24) is 25.3 Å². The molecule has 1 aliphatic heterocycles. The molecule has 7 nitrogen and oxygen atoms in total. The average Bonchev–Trinajstić information content (AvgIpc) is 3.17. The van der Waals surface area contributed by atoms with Crippen LogP contribution in [0, 0.1) is 5.82 Å². The van der Waals surface area contributed by atoms with E-state index < -0.39 is 5.82 Å². The van der Waals surface area contributed by atoms with Gasteiger partial charge in [0.25, 0.3) is 0 Å². The van der Waals surface area contributed by atoms with E-state index in [9.17, 15) is 9.60 Å². The highest BCUT2D eigenvalue weighted by Crippen LogP contribution is 2.23. The first-order chi connectivity index (χ1) is 14.1. The molecule has 2 aromatic heterocycles. The highest BCUT2D eigenvalue weighted by molar-refractivity contribution is 6.31. The predicted molar refractivity (Wildman–Crippen MR) is 110 cm³/mol. The number of pyridine rings is 1. The summed E-state index contributed by atoms with van der Waals surface area (Å²) >= 11 is 5.83. The van der Waals surface area contributed by atoms with Crippen molar-refractivity contribution in [2.75, 3.05) is 19.6 Å². The van der Waals surface area contributed by atoms with Crippen molar-refractivity contribution < 1.29 is 9.60 Å². The van der Waals surface area contributed by atoms with Crippen LogP contribution in [0.3, 0.4) is 0 Å². The Balaban J connectivity index is 1.61. The molecule has 1 aliphatic rings. The summed E-state index contributed by atoms with van der Waals surface area (Å²) in [5, 5.41) is 9.62. The number of imidazole rings is 1. The van der Waals surface area contributed by atoms with E-state index in [-0.39, 0.29) is 10.9 Å². The number of hydrogen-bond donors (Lipinski definition) is 3. The lowest BCUT2D eigenvalue weighted by Gasteiger charge is -2.25. The third-order valence-corrected chi connectivity index (χ3v) is 5.35. The molecule has 0 unspecified atom stereocenters. The summed E-state index contributed by atoms with van der Waals surface area (Å²) < 4.78 is 13.4. The maximum absolute atomic E-state index is 13.4. The number of fused-ring (bicyclic) bond motifs is 1. The predicted octanol–water partition coefficient (Wildman–Crippen LogP) is 3.84. The van der Waals surface area contributed by atoms with Crippen LogP contribution in [0.2, 0.25) is 5.02 Å². The van der Waals surface area contributed by atoms with Crippen molar-refractivity contribution in [3.8, 4) is 0 Å². The monoisotopic (exact) mass is 416 g/mol. The molecule has 0 amide bonds. The van der Waals surface area contributed by atoms with Gasteiger partial charge in [0, 0.05) is 24.7 Å². The standard InChI is InChI=1S/C20H22ClFN6O/c21-15-12-13(4-5-16(15)22)24-19(27-29)14-6-8-23-20-18(14)25-17(26-20)7-11-28-9-2-1-3-10-28/h4-6,8,12,29H,1-3,7,9-11H2,(H,24,27)(H,23,25,26). The molecule has 0 atom stereocenters. The first-order valence-corrected chi connectivity index (χ1v) is 10.0. The van der Waals surface area contributed by atoms with E-state index in [0.717, 1.165) is 31.9 Å². The first kappa shape index (κ1) is 19.8. The Bertz CT molecular complexity index is 1030. The summed E-state index contributed by atoms with van der Waals surface area (Å²) in [6, 6.07) is 5.83. The van der Waals surface area contributed by atoms with E-state index >= 15 is 0 Å². The molecule has 4 rings (SSSR count). The molecule has 29 heavy (non-hydrogen) atoms. The van der Waals surface area contributed by atoms with E-state index in [2.05, 4.69) is 30.3 Å². The van der Waals surface area contributed by atoms with Crippen LogP contribution in [0.25, 0.3) is 11.2 Å². The van der Waals surface area contributed by atoms with Crippen LogP contribution in [-0.2, 0) is 6.42 Å². The smallest absolute Gasteiger partial charge is 0.178 e. The van der Waals surface area contributed by atoms with Crippen molar-refractivity contribution >= 4 is 34.3 Å². The van der Waals surface area contributed by atoms with Gasteiger partial charge in [-0.15, -0.1) is 0 Å². The fourth-order valence-corrected chi connectivity index (χ4v) is 3.73. The molecule has 152 valence electrons. The molecule has 0 aliphatic carbocycles. The lowest BCUT2D eigenvalue weighted by Crippen LogP contribution is -2.31. The number of aliphatic imine (C=N–C) groups is 1. The number of nitrogens with zero attached hydrogens (tertiary/aromatic N) is 4. The Hall–Kier alpha value is -2.55. The van der Waals surface area contributed by atoms with Gasteiger partial charge in [0.2, 0.25) is 0 Å². The Labute approximate surface area is 172 Å². The number of hydroxylamine groups is 1. The number of amidine groups is 1. The molecular weight excluding hydrogens is 395 g/mol. The number of H-pyrrole nitrogens is 1. The number of hydrogen-bond acceptors (Lipinski definition) is 5.